The van der Waals surface area contributed by atoms with Crippen LogP contribution in [0.4, 0.5) is 0 Å². The fourth-order valence-corrected chi connectivity index (χ4v) is 2.38. The molecule has 0 heterocycles. The number of carboxylic acid groups (broad SMARTS) is 3. The third-order valence-electron chi connectivity index (χ3n) is 4.02. The Hall–Kier alpha value is -3.95. The van der Waals surface area contributed by atoms with Crippen LogP contribution in [-0.2, 0) is 28.8 Å². The van der Waals surface area contributed by atoms with E-state index in [-0.39, 0.29) is 18.9 Å². The van der Waals surface area contributed by atoms with Gasteiger partial charge in [0, 0.05) is 13.0 Å². The lowest BCUT2D eigenvalue weighted by Crippen LogP contribution is -2.54. The lowest BCUT2D eigenvalue weighted by molar-refractivity contribution is -0.144. The molecule has 3 unspecified atom stereocenters. The number of aliphatic imine (C=N–C) groups is 1. The van der Waals surface area contributed by atoms with Crippen molar-refractivity contribution in [2.45, 2.75) is 50.2 Å². The Morgan fingerprint density at radius 1 is 0.848 bits per heavy atom. The van der Waals surface area contributed by atoms with E-state index in [1.165, 1.54) is 0 Å². The van der Waals surface area contributed by atoms with Crippen molar-refractivity contribution in [3.63, 3.8) is 0 Å². The summed E-state index contributed by atoms with van der Waals surface area (Å²) in [6.07, 6.45) is -1.30. The second kappa shape index (κ2) is 15.0. The predicted molar refractivity (Wildman–Crippen MR) is 112 cm³/mol. The Balaban J connectivity index is 4.82. The quantitative estimate of drug-likeness (QED) is 0.0584. The number of nitrogens with zero attached hydrogens (tertiary/aromatic N) is 1. The van der Waals surface area contributed by atoms with Gasteiger partial charge in [-0.3, -0.25) is 29.0 Å². The number of carbonyl (C=O) groups excluding carboxylic acids is 3. The Bertz CT molecular complexity index is 768. The van der Waals surface area contributed by atoms with E-state index in [2.05, 4.69) is 15.6 Å². The lowest BCUT2D eigenvalue weighted by Gasteiger charge is -2.20. The Labute approximate surface area is 187 Å². The van der Waals surface area contributed by atoms with Gasteiger partial charge in [-0.25, -0.2) is 4.79 Å². The van der Waals surface area contributed by atoms with Gasteiger partial charge in [-0.05, 0) is 19.3 Å². The van der Waals surface area contributed by atoms with Crippen LogP contribution < -0.4 is 33.2 Å². The first-order valence-corrected chi connectivity index (χ1v) is 9.68. The molecule has 0 aromatic carbocycles. The molecule has 0 aliphatic carbocycles. The summed E-state index contributed by atoms with van der Waals surface area (Å²) in [7, 11) is 0. The molecule has 0 saturated carbocycles. The van der Waals surface area contributed by atoms with Crippen molar-refractivity contribution in [1.29, 1.82) is 0 Å². The Kier molecular flexibility index (Phi) is 13.2. The molecule has 0 fully saturated rings. The van der Waals surface area contributed by atoms with Gasteiger partial charge in [0.05, 0.1) is 19.0 Å². The summed E-state index contributed by atoms with van der Waals surface area (Å²) in [6.45, 7) is -0.384. The summed E-state index contributed by atoms with van der Waals surface area (Å²) in [5.41, 5.74) is 16.0. The highest BCUT2D eigenvalue weighted by Gasteiger charge is 2.28. The summed E-state index contributed by atoms with van der Waals surface area (Å²) >= 11 is 0. The molecular weight excluding hydrogens is 446 g/mol. The van der Waals surface area contributed by atoms with Crippen LogP contribution in [0.15, 0.2) is 4.99 Å². The lowest BCUT2D eigenvalue weighted by atomic mass is 10.1. The molecule has 0 aliphatic rings. The van der Waals surface area contributed by atoms with Crippen LogP contribution in [0.2, 0.25) is 0 Å². The highest BCUT2D eigenvalue weighted by molar-refractivity contribution is 5.94. The molecule has 0 spiro atoms. The molecule has 33 heavy (non-hydrogen) atoms. The maximum absolute atomic E-state index is 12.3. The van der Waals surface area contributed by atoms with Gasteiger partial charge in [0.15, 0.2) is 5.96 Å². The SMILES string of the molecule is NC(N)=NCCCC(N)C(=O)NCC(=O)NC(CC(=O)O)C(=O)NC(CCC(=O)O)C(=O)O. The topological polar surface area (TPSA) is 290 Å². The minimum Gasteiger partial charge on any atom is -0.481 e. The summed E-state index contributed by atoms with van der Waals surface area (Å²) in [5, 5.41) is 33.0. The summed E-state index contributed by atoms with van der Waals surface area (Å²) in [6, 6.07) is -4.26. The van der Waals surface area contributed by atoms with Gasteiger partial charge in [-0.15, -0.1) is 0 Å². The van der Waals surface area contributed by atoms with Crippen molar-refractivity contribution < 1.29 is 44.1 Å². The van der Waals surface area contributed by atoms with Gasteiger partial charge in [0.25, 0.3) is 0 Å². The molecule has 16 heteroatoms. The van der Waals surface area contributed by atoms with Gasteiger partial charge in [0.1, 0.15) is 12.1 Å². The van der Waals surface area contributed by atoms with E-state index < -0.39 is 79.6 Å². The van der Waals surface area contributed by atoms with E-state index in [1.54, 1.807) is 0 Å². The second-order valence-corrected chi connectivity index (χ2v) is 6.82. The number of guanidine groups is 1. The number of hydrogen-bond acceptors (Lipinski definition) is 8. The summed E-state index contributed by atoms with van der Waals surface area (Å²) < 4.78 is 0. The van der Waals surface area contributed by atoms with Crippen LogP contribution >= 0.6 is 0 Å². The van der Waals surface area contributed by atoms with Crippen molar-refractivity contribution >= 4 is 41.6 Å². The number of aliphatic carboxylic acids is 3. The standard InChI is InChI=1S/C17H29N7O9/c18-8(2-1-5-21-17(19)20)14(30)22-7-11(25)23-10(6-13(28)29)15(31)24-9(16(32)33)3-4-12(26)27/h8-10H,1-7,18H2,(H,22,30)(H,23,25)(H,24,31)(H,26,27)(H,28,29)(H,32,33)(H4,19,20,21). The molecule has 0 bridgehead atoms. The van der Waals surface area contributed by atoms with E-state index in [0.717, 1.165) is 0 Å². The van der Waals surface area contributed by atoms with Crippen molar-refractivity contribution in [2.24, 2.45) is 22.2 Å². The van der Waals surface area contributed by atoms with Crippen LogP contribution in [0.25, 0.3) is 0 Å². The normalized spacial score (nSPS) is 13.0. The minimum atomic E-state index is -1.67. The van der Waals surface area contributed by atoms with Crippen molar-refractivity contribution in [3.05, 3.63) is 0 Å². The number of carboxylic acids is 3. The smallest absolute Gasteiger partial charge is 0.326 e. The maximum Gasteiger partial charge on any atom is 0.326 e. The van der Waals surface area contributed by atoms with Crippen LogP contribution in [0.5, 0.6) is 0 Å². The molecule has 16 nitrogen and oxygen atoms in total. The summed E-state index contributed by atoms with van der Waals surface area (Å²) in [5.74, 6) is -7.18. The average molecular weight is 475 g/mol. The maximum atomic E-state index is 12.3. The second-order valence-electron chi connectivity index (χ2n) is 6.82. The Morgan fingerprint density at radius 3 is 2.00 bits per heavy atom. The van der Waals surface area contributed by atoms with E-state index in [1.807, 2.05) is 5.32 Å². The van der Waals surface area contributed by atoms with E-state index in [0.29, 0.717) is 6.42 Å². The largest absolute Gasteiger partial charge is 0.481 e. The fourth-order valence-electron chi connectivity index (χ4n) is 2.38. The fraction of sp³-hybridized carbons (Fsp3) is 0.588. The van der Waals surface area contributed by atoms with Gasteiger partial charge in [-0.1, -0.05) is 0 Å². The molecule has 0 saturated heterocycles. The zero-order chi connectivity index (χ0) is 25.6. The van der Waals surface area contributed by atoms with Crippen molar-refractivity contribution in [1.82, 2.24) is 16.0 Å². The number of nitrogens with two attached hydrogens (primary N) is 3. The molecule has 3 atom stereocenters. The summed E-state index contributed by atoms with van der Waals surface area (Å²) in [4.78, 5) is 72.8. The third-order valence-corrected chi connectivity index (χ3v) is 4.02. The molecule has 3 amide bonds. The number of amides is 3. The molecule has 12 N–H and O–H groups in total. The molecule has 0 aliphatic heterocycles. The zero-order valence-electron chi connectivity index (χ0n) is 17.7. The third kappa shape index (κ3) is 13.9. The van der Waals surface area contributed by atoms with E-state index in [4.69, 9.17) is 32.5 Å². The number of nitrogens with one attached hydrogen (secondary N) is 3. The van der Waals surface area contributed by atoms with E-state index >= 15 is 0 Å². The highest BCUT2D eigenvalue weighted by atomic mass is 16.4. The Morgan fingerprint density at radius 2 is 1.48 bits per heavy atom. The molecule has 0 aromatic rings. The molecule has 0 radical (unpaired) electrons. The van der Waals surface area contributed by atoms with Crippen LogP contribution in [0.3, 0.4) is 0 Å². The molecular formula is C17H29N7O9. The van der Waals surface area contributed by atoms with Gasteiger partial charge < -0.3 is 48.5 Å². The zero-order valence-corrected chi connectivity index (χ0v) is 17.7. The first kappa shape index (κ1) is 29.0. The van der Waals surface area contributed by atoms with Gasteiger partial charge >= 0.3 is 17.9 Å². The first-order chi connectivity index (χ1) is 15.3. The monoisotopic (exact) mass is 475 g/mol. The number of rotatable bonds is 16. The van der Waals surface area contributed by atoms with E-state index in [9.17, 15) is 28.8 Å². The van der Waals surface area contributed by atoms with Gasteiger partial charge in [0.2, 0.25) is 17.7 Å². The molecule has 0 aromatic heterocycles. The van der Waals surface area contributed by atoms with Crippen molar-refractivity contribution in [3.8, 4) is 0 Å². The molecule has 0 rings (SSSR count). The molecule has 186 valence electrons. The predicted octanol–water partition coefficient (Wildman–Crippen LogP) is -4.12. The van der Waals surface area contributed by atoms with Crippen molar-refractivity contribution in [2.75, 3.05) is 13.1 Å². The minimum absolute atomic E-state index is 0.110. The van der Waals surface area contributed by atoms with Gasteiger partial charge in [-0.2, -0.15) is 0 Å². The van der Waals surface area contributed by atoms with Crippen LogP contribution in [0, 0.1) is 0 Å². The van der Waals surface area contributed by atoms with Crippen LogP contribution in [0.1, 0.15) is 32.1 Å². The number of hydrogen-bond donors (Lipinski definition) is 9. The van der Waals surface area contributed by atoms with Crippen LogP contribution in [-0.4, -0.2) is 88.1 Å². The number of carbonyl (C=O) groups is 6. The first-order valence-electron chi connectivity index (χ1n) is 9.68. The highest BCUT2D eigenvalue weighted by Crippen LogP contribution is 2.01. The average Bonchev–Trinajstić information content (AvgIpc) is 2.70.